The van der Waals surface area contributed by atoms with Crippen LogP contribution in [-0.2, 0) is 6.42 Å². The molecule has 0 atom stereocenters. The maximum Gasteiger partial charge on any atom is 0.284 e. The van der Waals surface area contributed by atoms with Crippen LogP contribution in [0.3, 0.4) is 0 Å². The second-order valence-electron chi connectivity index (χ2n) is 2.98. The molecule has 15 heavy (non-hydrogen) atoms. The predicted octanol–water partition coefficient (Wildman–Crippen LogP) is 2.43. The smallest absolute Gasteiger partial charge is 0.284 e. The summed E-state index contributed by atoms with van der Waals surface area (Å²) in [5, 5.41) is 7.59. The monoisotopic (exact) mass is 268 g/mol. The second-order valence-corrected chi connectivity index (χ2v) is 3.66. The number of halogens is 1. The van der Waals surface area contributed by atoms with Crippen LogP contribution in [0.15, 0.2) is 33.5 Å². The summed E-state index contributed by atoms with van der Waals surface area (Å²) < 4.78 is 10.3. The molecule has 5 heteroatoms. The molecule has 2 rings (SSSR count). The Balaban J connectivity index is 2.16. The number of ether oxygens (including phenoxy) is 1. The normalized spacial score (nSPS) is 10.3. The molecule has 78 valence electrons. The maximum atomic E-state index is 5.21. The van der Waals surface area contributed by atoms with Crippen molar-refractivity contribution in [3.05, 3.63) is 40.5 Å². The van der Waals surface area contributed by atoms with Crippen molar-refractivity contribution in [2.75, 3.05) is 7.11 Å². The van der Waals surface area contributed by atoms with E-state index < -0.39 is 0 Å². The molecule has 0 aliphatic heterocycles. The van der Waals surface area contributed by atoms with Gasteiger partial charge in [0.05, 0.1) is 13.5 Å². The Morgan fingerprint density at radius 2 is 2.27 bits per heavy atom. The lowest BCUT2D eigenvalue weighted by molar-refractivity contribution is 0.414. The topological polar surface area (TPSA) is 48.2 Å². The first-order chi connectivity index (χ1) is 7.28. The van der Waals surface area contributed by atoms with E-state index in [0.29, 0.717) is 17.1 Å². The van der Waals surface area contributed by atoms with E-state index in [1.165, 1.54) is 0 Å². The first-order valence-corrected chi connectivity index (χ1v) is 5.18. The molecule has 0 aliphatic rings. The van der Waals surface area contributed by atoms with Gasteiger partial charge in [0.25, 0.3) is 4.80 Å². The summed E-state index contributed by atoms with van der Waals surface area (Å²) in [6, 6.07) is 7.76. The van der Waals surface area contributed by atoms with Crippen LogP contribution in [0.1, 0.15) is 11.5 Å². The summed E-state index contributed by atoms with van der Waals surface area (Å²) in [4.78, 5) is 0.403. The second kappa shape index (κ2) is 4.44. The van der Waals surface area contributed by atoms with Crippen molar-refractivity contribution in [3.8, 4) is 5.75 Å². The van der Waals surface area contributed by atoms with E-state index in [-0.39, 0.29) is 0 Å². The molecule has 0 unspecified atom stereocenters. The lowest BCUT2D eigenvalue weighted by Gasteiger charge is -2.01. The van der Waals surface area contributed by atoms with Gasteiger partial charge in [0, 0.05) is 15.9 Å². The van der Waals surface area contributed by atoms with Gasteiger partial charge in [0.1, 0.15) is 5.75 Å². The Hall–Kier alpha value is -1.36. The van der Waals surface area contributed by atoms with Crippen molar-refractivity contribution in [3.63, 3.8) is 0 Å². The van der Waals surface area contributed by atoms with E-state index in [2.05, 4.69) is 26.1 Å². The van der Waals surface area contributed by atoms with Crippen LogP contribution in [0, 0.1) is 0 Å². The van der Waals surface area contributed by atoms with Crippen LogP contribution >= 0.6 is 15.9 Å². The number of aromatic nitrogens is 2. The zero-order valence-corrected chi connectivity index (χ0v) is 9.69. The molecule has 1 aromatic heterocycles. The molecule has 0 saturated carbocycles. The van der Waals surface area contributed by atoms with Gasteiger partial charge in [-0.3, -0.25) is 0 Å². The van der Waals surface area contributed by atoms with Gasteiger partial charge in [-0.2, -0.15) is 0 Å². The number of rotatable bonds is 3. The van der Waals surface area contributed by atoms with E-state index in [0.717, 1.165) is 11.3 Å². The van der Waals surface area contributed by atoms with Gasteiger partial charge in [-0.25, -0.2) is 0 Å². The fourth-order valence-electron chi connectivity index (χ4n) is 1.26. The Labute approximate surface area is 95.4 Å². The highest BCUT2D eigenvalue weighted by atomic mass is 79.9. The van der Waals surface area contributed by atoms with Crippen LogP contribution in [0.2, 0.25) is 0 Å². The van der Waals surface area contributed by atoms with Crippen molar-refractivity contribution in [2.45, 2.75) is 6.42 Å². The van der Waals surface area contributed by atoms with E-state index >= 15 is 0 Å². The van der Waals surface area contributed by atoms with Gasteiger partial charge in [-0.15, -0.1) is 10.2 Å². The van der Waals surface area contributed by atoms with Gasteiger partial charge < -0.3 is 9.15 Å². The third-order valence-electron chi connectivity index (χ3n) is 1.93. The van der Waals surface area contributed by atoms with E-state index in [1.54, 1.807) is 7.11 Å². The van der Waals surface area contributed by atoms with Crippen molar-refractivity contribution in [1.82, 2.24) is 10.2 Å². The van der Waals surface area contributed by atoms with Gasteiger partial charge in [-0.1, -0.05) is 12.1 Å². The SMILES string of the molecule is COc1cccc(Cc2nnc(Br)o2)c1. The molecule has 0 radical (unpaired) electrons. The number of benzene rings is 1. The average Bonchev–Trinajstić information content (AvgIpc) is 2.64. The van der Waals surface area contributed by atoms with Crippen molar-refractivity contribution in [1.29, 1.82) is 0 Å². The Morgan fingerprint density at radius 3 is 2.93 bits per heavy atom. The highest BCUT2D eigenvalue weighted by Gasteiger charge is 2.04. The fraction of sp³-hybridized carbons (Fsp3) is 0.200. The Bertz CT molecular complexity index is 456. The summed E-state index contributed by atoms with van der Waals surface area (Å²) in [5.74, 6) is 1.40. The lowest BCUT2D eigenvalue weighted by Crippen LogP contribution is -1.90. The standard InChI is InChI=1S/C10H9BrN2O2/c1-14-8-4-2-3-7(5-8)6-9-12-13-10(11)15-9/h2-5H,6H2,1H3. The van der Waals surface area contributed by atoms with Crippen LogP contribution in [0.4, 0.5) is 0 Å². The largest absolute Gasteiger partial charge is 0.497 e. The van der Waals surface area contributed by atoms with Crippen LogP contribution in [0.5, 0.6) is 5.75 Å². The molecule has 0 bridgehead atoms. The quantitative estimate of drug-likeness (QED) is 0.858. The van der Waals surface area contributed by atoms with Crippen molar-refractivity contribution in [2.24, 2.45) is 0 Å². The minimum atomic E-state index is 0.403. The lowest BCUT2D eigenvalue weighted by atomic mass is 10.1. The first kappa shape index (κ1) is 10.2. The molecular weight excluding hydrogens is 260 g/mol. The first-order valence-electron chi connectivity index (χ1n) is 4.39. The summed E-state index contributed by atoms with van der Waals surface area (Å²) in [5.41, 5.74) is 1.07. The van der Waals surface area contributed by atoms with Crippen LogP contribution < -0.4 is 4.74 Å². The summed E-state index contributed by atoms with van der Waals surface area (Å²) in [7, 11) is 1.64. The fourth-order valence-corrected chi connectivity index (χ4v) is 1.53. The van der Waals surface area contributed by atoms with Crippen LogP contribution in [-0.4, -0.2) is 17.3 Å². The molecule has 2 aromatic rings. The molecule has 4 nitrogen and oxygen atoms in total. The number of methoxy groups -OCH3 is 1. The van der Waals surface area contributed by atoms with E-state index in [9.17, 15) is 0 Å². The number of hydrogen-bond acceptors (Lipinski definition) is 4. The van der Waals surface area contributed by atoms with Crippen molar-refractivity contribution < 1.29 is 9.15 Å². The third-order valence-corrected chi connectivity index (χ3v) is 2.25. The molecule has 1 aromatic carbocycles. The minimum Gasteiger partial charge on any atom is -0.497 e. The summed E-state index contributed by atoms with van der Waals surface area (Å²) in [6.07, 6.45) is 0.607. The summed E-state index contributed by atoms with van der Waals surface area (Å²) >= 11 is 3.11. The molecule has 0 N–H and O–H groups in total. The maximum absolute atomic E-state index is 5.21. The summed E-state index contributed by atoms with van der Waals surface area (Å²) in [6.45, 7) is 0. The molecule has 0 amide bonds. The molecule has 0 spiro atoms. The zero-order valence-electron chi connectivity index (χ0n) is 8.11. The highest BCUT2D eigenvalue weighted by molar-refractivity contribution is 9.10. The number of hydrogen-bond donors (Lipinski definition) is 0. The molecule has 0 fully saturated rings. The zero-order chi connectivity index (χ0) is 10.7. The molecule has 0 aliphatic carbocycles. The highest BCUT2D eigenvalue weighted by Crippen LogP contribution is 2.16. The van der Waals surface area contributed by atoms with Gasteiger partial charge in [0.2, 0.25) is 5.89 Å². The molecule has 1 heterocycles. The van der Waals surface area contributed by atoms with Crippen LogP contribution in [0.25, 0.3) is 0 Å². The Kier molecular flexibility index (Phi) is 3.01. The average molecular weight is 269 g/mol. The van der Waals surface area contributed by atoms with Gasteiger partial charge in [0.15, 0.2) is 0 Å². The molecule has 0 saturated heterocycles. The Morgan fingerprint density at radius 1 is 1.40 bits per heavy atom. The molecular formula is C10H9BrN2O2. The van der Waals surface area contributed by atoms with Gasteiger partial charge in [-0.05, 0) is 17.7 Å². The van der Waals surface area contributed by atoms with Gasteiger partial charge >= 0.3 is 0 Å². The van der Waals surface area contributed by atoms with E-state index in [4.69, 9.17) is 9.15 Å². The van der Waals surface area contributed by atoms with Crippen molar-refractivity contribution >= 4 is 15.9 Å². The predicted molar refractivity (Wildman–Crippen MR) is 57.8 cm³/mol. The number of nitrogens with zero attached hydrogens (tertiary/aromatic N) is 2. The minimum absolute atomic E-state index is 0.403. The third kappa shape index (κ3) is 2.56. The van der Waals surface area contributed by atoms with E-state index in [1.807, 2.05) is 24.3 Å².